The van der Waals surface area contributed by atoms with Gasteiger partial charge in [0.05, 0.1) is 12.7 Å². The molecule has 2 aromatic carbocycles. The van der Waals surface area contributed by atoms with Crippen molar-refractivity contribution in [3.8, 4) is 17.2 Å². The Morgan fingerprint density at radius 1 is 0.850 bits per heavy atom. The number of aryl methyl sites for hydroxylation is 1. The molecule has 2 aliphatic rings. The van der Waals surface area contributed by atoms with Crippen LogP contribution >= 0.6 is 0 Å². The molecule has 0 radical (unpaired) electrons. The zero-order valence-corrected chi connectivity index (χ0v) is 21.6. The summed E-state index contributed by atoms with van der Waals surface area (Å²) in [6.45, 7) is 0.698. The highest BCUT2D eigenvalue weighted by atomic mass is 16.8. The second kappa shape index (κ2) is 12.8. The Balaban J connectivity index is 1.52. The molecule has 10 atom stereocenters. The highest BCUT2D eigenvalue weighted by Crippen LogP contribution is 2.36. The molecule has 220 valence electrons. The van der Waals surface area contributed by atoms with E-state index in [0.29, 0.717) is 6.42 Å². The van der Waals surface area contributed by atoms with E-state index in [2.05, 4.69) is 0 Å². The predicted octanol–water partition coefficient (Wildman–Crippen LogP) is -1.06. The van der Waals surface area contributed by atoms with E-state index in [1.54, 1.807) is 0 Å². The Morgan fingerprint density at radius 3 is 2.12 bits per heavy atom. The molecule has 40 heavy (non-hydrogen) atoms. The average molecular weight is 567 g/mol. The highest BCUT2D eigenvalue weighted by molar-refractivity contribution is 6.01. The molecule has 2 fully saturated rings. The number of benzene rings is 2. The minimum Gasteiger partial charge on any atom is -0.507 e. The summed E-state index contributed by atoms with van der Waals surface area (Å²) in [6.07, 6.45) is -14.9. The molecule has 8 N–H and O–H groups in total. The summed E-state index contributed by atoms with van der Waals surface area (Å²) >= 11 is 0. The quantitative estimate of drug-likeness (QED) is 0.170. The fourth-order valence-corrected chi connectivity index (χ4v) is 4.68. The molecule has 0 saturated carbocycles. The first-order valence-corrected chi connectivity index (χ1v) is 12.8. The lowest BCUT2D eigenvalue weighted by atomic mass is 9.97. The Morgan fingerprint density at radius 2 is 1.50 bits per heavy atom. The molecule has 2 aromatic rings. The van der Waals surface area contributed by atoms with Gasteiger partial charge in [0.1, 0.15) is 59.4 Å². The van der Waals surface area contributed by atoms with Crippen LogP contribution in [0, 0.1) is 0 Å². The number of carbonyl (C=O) groups is 1. The maximum Gasteiger partial charge on any atom is 0.229 e. The van der Waals surface area contributed by atoms with Crippen molar-refractivity contribution in [2.75, 3.05) is 6.61 Å². The first-order valence-electron chi connectivity index (χ1n) is 12.8. The van der Waals surface area contributed by atoms with E-state index in [4.69, 9.17) is 18.9 Å². The highest BCUT2D eigenvalue weighted by Gasteiger charge is 2.50. The van der Waals surface area contributed by atoms with Crippen molar-refractivity contribution < 1.29 is 64.6 Å². The molecular weight excluding hydrogens is 532 g/mol. The molecule has 13 nitrogen and oxygen atoms in total. The van der Waals surface area contributed by atoms with Crippen LogP contribution in [0.25, 0.3) is 0 Å². The van der Waals surface area contributed by atoms with Gasteiger partial charge in [-0.25, -0.2) is 0 Å². The zero-order valence-electron chi connectivity index (χ0n) is 21.6. The fourth-order valence-electron chi connectivity index (χ4n) is 4.68. The number of aliphatic hydroxyl groups is 6. The number of phenols is 2. The molecular formula is C27H34O13. The maximum absolute atomic E-state index is 12.7. The molecule has 4 rings (SSSR count). The summed E-state index contributed by atoms with van der Waals surface area (Å²) in [4.78, 5) is 12.7. The van der Waals surface area contributed by atoms with Crippen LogP contribution in [0.3, 0.4) is 0 Å². The first-order chi connectivity index (χ1) is 19.0. The van der Waals surface area contributed by atoms with Gasteiger partial charge in [-0.05, 0) is 18.9 Å². The van der Waals surface area contributed by atoms with E-state index < -0.39 is 85.3 Å². The van der Waals surface area contributed by atoms with E-state index in [0.717, 1.165) is 17.7 Å². The Hall–Kier alpha value is -2.85. The number of ether oxygens (including phenoxy) is 4. The number of Topliss-reactive ketones (excluding diaryl/α,β-unsaturated/α-hetero) is 1. The van der Waals surface area contributed by atoms with Crippen molar-refractivity contribution >= 4 is 5.78 Å². The first kappa shape index (κ1) is 30.1. The standard InChI is InChI=1S/C27H34O13/c1-12-20(32)22(34)24(36)26(37-12)40-25-23(35)21(33)18(11-28)39-27(25)38-14-9-16(30)19(17(31)10-14)15(29)8-7-13-5-3-2-4-6-13/h2-6,9-10,12,18,20-28,30-36H,7-8,11H2,1H3. The number of aromatic hydroxyl groups is 2. The minimum atomic E-state index is -1.76. The van der Waals surface area contributed by atoms with Gasteiger partial charge in [0, 0.05) is 18.6 Å². The Kier molecular flexibility index (Phi) is 9.61. The van der Waals surface area contributed by atoms with Crippen molar-refractivity contribution in [1.29, 1.82) is 0 Å². The van der Waals surface area contributed by atoms with Crippen molar-refractivity contribution in [2.45, 2.75) is 81.2 Å². The SMILES string of the molecule is CC1OC(OC2C(Oc3cc(O)c(C(=O)CCc4ccccc4)c(O)c3)OC(CO)C(O)C2O)C(O)C(O)C1O. The van der Waals surface area contributed by atoms with Crippen LogP contribution in [-0.4, -0.2) is 115 Å². The van der Waals surface area contributed by atoms with Crippen LogP contribution in [0.5, 0.6) is 17.2 Å². The predicted molar refractivity (Wildman–Crippen MR) is 134 cm³/mol. The lowest BCUT2D eigenvalue weighted by Crippen LogP contribution is -2.64. The zero-order chi connectivity index (χ0) is 29.1. The van der Waals surface area contributed by atoms with Gasteiger partial charge in [0.15, 0.2) is 18.2 Å². The number of carbonyl (C=O) groups excluding carboxylic acids is 1. The summed E-state index contributed by atoms with van der Waals surface area (Å²) in [5, 5.41) is 82.1. The molecule has 0 aliphatic carbocycles. The van der Waals surface area contributed by atoms with Gasteiger partial charge < -0.3 is 59.8 Å². The molecule has 0 spiro atoms. The molecule has 0 amide bonds. The van der Waals surface area contributed by atoms with Crippen LogP contribution < -0.4 is 4.74 Å². The second-order valence-corrected chi connectivity index (χ2v) is 9.85. The minimum absolute atomic E-state index is 0.0118. The smallest absolute Gasteiger partial charge is 0.229 e. The molecule has 2 heterocycles. The van der Waals surface area contributed by atoms with Gasteiger partial charge in [-0.2, -0.15) is 0 Å². The maximum atomic E-state index is 12.7. The largest absolute Gasteiger partial charge is 0.507 e. The van der Waals surface area contributed by atoms with Crippen LogP contribution in [0.4, 0.5) is 0 Å². The summed E-state index contributed by atoms with van der Waals surface area (Å²) in [6, 6.07) is 11.3. The van der Waals surface area contributed by atoms with Crippen LogP contribution in [0.1, 0.15) is 29.3 Å². The van der Waals surface area contributed by atoms with E-state index in [1.165, 1.54) is 6.92 Å². The van der Waals surface area contributed by atoms with Gasteiger partial charge in [-0.15, -0.1) is 0 Å². The molecule has 0 bridgehead atoms. The topological polar surface area (TPSA) is 216 Å². The molecule has 2 saturated heterocycles. The molecule has 10 unspecified atom stereocenters. The van der Waals surface area contributed by atoms with Gasteiger partial charge in [-0.3, -0.25) is 4.79 Å². The van der Waals surface area contributed by atoms with Gasteiger partial charge in [-0.1, -0.05) is 30.3 Å². The monoisotopic (exact) mass is 566 g/mol. The molecule has 0 aromatic heterocycles. The van der Waals surface area contributed by atoms with Crippen molar-refractivity contribution in [3.63, 3.8) is 0 Å². The van der Waals surface area contributed by atoms with E-state index in [-0.39, 0.29) is 17.7 Å². The van der Waals surface area contributed by atoms with Gasteiger partial charge in [0.25, 0.3) is 0 Å². The van der Waals surface area contributed by atoms with Gasteiger partial charge in [0.2, 0.25) is 6.29 Å². The summed E-state index contributed by atoms with van der Waals surface area (Å²) in [5.74, 6) is -1.91. The number of phenolic OH excluding ortho intramolecular Hbond substituents is 2. The normalized spacial score (nSPS) is 34.4. The summed E-state index contributed by atoms with van der Waals surface area (Å²) in [7, 11) is 0. The summed E-state index contributed by atoms with van der Waals surface area (Å²) < 4.78 is 22.3. The van der Waals surface area contributed by atoms with Crippen LogP contribution in [0.15, 0.2) is 42.5 Å². The lowest BCUT2D eigenvalue weighted by molar-refractivity contribution is -0.354. The average Bonchev–Trinajstić information content (AvgIpc) is 2.93. The number of ketones is 1. The van der Waals surface area contributed by atoms with Gasteiger partial charge >= 0.3 is 0 Å². The third-order valence-corrected chi connectivity index (χ3v) is 7.01. The lowest BCUT2D eigenvalue weighted by Gasteiger charge is -2.45. The molecule has 2 aliphatic heterocycles. The second-order valence-electron chi connectivity index (χ2n) is 9.85. The Bertz CT molecular complexity index is 1120. The molecule has 13 heteroatoms. The van der Waals surface area contributed by atoms with Crippen molar-refractivity contribution in [2.24, 2.45) is 0 Å². The fraction of sp³-hybridized carbons (Fsp3) is 0.519. The Labute approximate surface area is 229 Å². The number of hydrogen-bond acceptors (Lipinski definition) is 13. The summed E-state index contributed by atoms with van der Waals surface area (Å²) in [5.41, 5.74) is 0.586. The van der Waals surface area contributed by atoms with E-state index in [9.17, 15) is 45.6 Å². The third-order valence-electron chi connectivity index (χ3n) is 7.01. The van der Waals surface area contributed by atoms with E-state index in [1.807, 2.05) is 30.3 Å². The van der Waals surface area contributed by atoms with Crippen molar-refractivity contribution in [3.05, 3.63) is 53.6 Å². The van der Waals surface area contributed by atoms with Crippen LogP contribution in [0.2, 0.25) is 0 Å². The third kappa shape index (κ3) is 6.38. The van der Waals surface area contributed by atoms with Crippen LogP contribution in [-0.2, 0) is 20.6 Å². The van der Waals surface area contributed by atoms with Crippen molar-refractivity contribution in [1.82, 2.24) is 0 Å². The number of aliphatic hydroxyl groups excluding tert-OH is 6. The van der Waals surface area contributed by atoms with E-state index >= 15 is 0 Å². The number of hydrogen-bond donors (Lipinski definition) is 8. The number of rotatable bonds is 9.